The van der Waals surface area contributed by atoms with E-state index in [-0.39, 0.29) is 10.5 Å². The van der Waals surface area contributed by atoms with Crippen LogP contribution in [0.1, 0.15) is 20.3 Å². The molecular formula is C31H37N5O3S. The summed E-state index contributed by atoms with van der Waals surface area (Å²) in [7, 11) is -1.16. The molecule has 5 rings (SSSR count). The normalized spacial score (nSPS) is 19.4. The molecule has 0 aliphatic carbocycles. The van der Waals surface area contributed by atoms with E-state index >= 15 is 0 Å². The minimum Gasteiger partial charge on any atom is -0.369 e. The second kappa shape index (κ2) is 11.1. The summed E-state index contributed by atoms with van der Waals surface area (Å²) in [4.78, 5) is 23.8. The second-order valence-corrected chi connectivity index (χ2v) is 12.6. The van der Waals surface area contributed by atoms with Crippen LogP contribution < -0.4 is 26.5 Å². The molecule has 210 valence electrons. The molecule has 0 spiro atoms. The van der Waals surface area contributed by atoms with Crippen molar-refractivity contribution < 1.29 is 8.42 Å². The first-order valence-electron chi connectivity index (χ1n) is 13.8. The number of likely N-dealkylation sites (N-methyl/N-ethyl adjacent to an activating group) is 1. The second-order valence-electron chi connectivity index (χ2n) is 10.6. The standard InChI is InChI=1S/C31H37N5O3S/c1-5-31(32-25-11-13-26(14-12-25)35-20-18-34(3)19-21-35)17-7-8-24-22-28(30(37)36(6-2)29(24)33-31)23-9-15-27(16-10-23)40(4,38)39/h7-17,22,32H,5-6,18-21H2,1-4H3. The SMILES string of the molecule is CCn1c(=O)c(-c2ccc(S(C)(=O)=O)cc2)cc2c1=NC(CC)(Nc1ccc(N3CCN(C)CC3)cc1)C=CC=2. The van der Waals surface area contributed by atoms with Gasteiger partial charge in [-0.3, -0.25) is 9.36 Å². The van der Waals surface area contributed by atoms with Crippen molar-refractivity contribution in [2.24, 2.45) is 4.99 Å². The number of anilines is 2. The Labute approximate surface area is 235 Å². The molecule has 2 aliphatic rings. The highest BCUT2D eigenvalue weighted by molar-refractivity contribution is 7.90. The third-order valence-electron chi connectivity index (χ3n) is 7.79. The van der Waals surface area contributed by atoms with Crippen molar-refractivity contribution in [3.63, 3.8) is 0 Å². The molecule has 1 unspecified atom stereocenters. The number of rotatable bonds is 7. The lowest BCUT2D eigenvalue weighted by atomic mass is 10.1. The lowest BCUT2D eigenvalue weighted by Crippen LogP contribution is -2.47. The summed E-state index contributed by atoms with van der Waals surface area (Å²) in [5.41, 5.74) is 3.10. The van der Waals surface area contributed by atoms with Gasteiger partial charge in [0.2, 0.25) is 0 Å². The monoisotopic (exact) mass is 559 g/mol. The molecule has 8 nitrogen and oxygen atoms in total. The van der Waals surface area contributed by atoms with Gasteiger partial charge in [0.15, 0.2) is 15.5 Å². The van der Waals surface area contributed by atoms with Crippen molar-refractivity contribution in [3.8, 4) is 11.1 Å². The molecule has 3 aromatic rings. The molecule has 9 heteroatoms. The van der Waals surface area contributed by atoms with Crippen LogP contribution in [0.15, 0.2) is 81.4 Å². The summed E-state index contributed by atoms with van der Waals surface area (Å²) in [6.45, 7) is 8.63. The Morgan fingerprint density at radius 3 is 2.25 bits per heavy atom. The van der Waals surface area contributed by atoms with E-state index in [9.17, 15) is 13.2 Å². The molecule has 1 atom stereocenters. The molecule has 1 aromatic heterocycles. The zero-order valence-electron chi connectivity index (χ0n) is 23.6. The van der Waals surface area contributed by atoms with Crippen LogP contribution in [0.25, 0.3) is 17.2 Å². The predicted molar refractivity (Wildman–Crippen MR) is 162 cm³/mol. The molecule has 1 N–H and O–H groups in total. The number of hydrogen-bond donors (Lipinski definition) is 1. The predicted octanol–water partition coefficient (Wildman–Crippen LogP) is 2.88. The molecular weight excluding hydrogens is 522 g/mol. The van der Waals surface area contributed by atoms with Crippen LogP contribution >= 0.6 is 0 Å². The van der Waals surface area contributed by atoms with Gasteiger partial charge in [0, 0.05) is 61.1 Å². The Morgan fingerprint density at radius 1 is 0.975 bits per heavy atom. The Morgan fingerprint density at radius 2 is 1.65 bits per heavy atom. The molecule has 2 aromatic carbocycles. The fourth-order valence-corrected chi connectivity index (χ4v) is 5.90. The molecule has 2 aliphatic heterocycles. The molecule has 1 fully saturated rings. The highest BCUT2D eigenvalue weighted by Crippen LogP contribution is 2.25. The maximum Gasteiger partial charge on any atom is 0.260 e. The summed E-state index contributed by atoms with van der Waals surface area (Å²) in [5, 5.41) is 4.46. The van der Waals surface area contributed by atoms with Crippen LogP contribution in [0, 0.1) is 0 Å². The average molecular weight is 560 g/mol. The molecule has 40 heavy (non-hydrogen) atoms. The summed E-state index contributed by atoms with van der Waals surface area (Å²) < 4.78 is 25.5. The Balaban J connectivity index is 1.51. The van der Waals surface area contributed by atoms with Gasteiger partial charge in [-0.2, -0.15) is 0 Å². The lowest BCUT2D eigenvalue weighted by Gasteiger charge is -2.34. The van der Waals surface area contributed by atoms with Gasteiger partial charge in [-0.25, -0.2) is 13.4 Å². The van der Waals surface area contributed by atoms with Crippen LogP contribution in [0.2, 0.25) is 0 Å². The number of pyridine rings is 1. The zero-order chi connectivity index (χ0) is 28.5. The van der Waals surface area contributed by atoms with Gasteiger partial charge >= 0.3 is 0 Å². The van der Waals surface area contributed by atoms with Gasteiger partial charge < -0.3 is 15.1 Å². The van der Waals surface area contributed by atoms with Crippen LogP contribution in [0.4, 0.5) is 11.4 Å². The fourth-order valence-electron chi connectivity index (χ4n) is 5.27. The summed E-state index contributed by atoms with van der Waals surface area (Å²) in [5.74, 6) is 0. The lowest BCUT2D eigenvalue weighted by molar-refractivity contribution is 0.313. The first kappa shape index (κ1) is 27.9. The van der Waals surface area contributed by atoms with Crippen molar-refractivity contribution in [1.82, 2.24) is 9.47 Å². The number of hydrogen-bond acceptors (Lipinski definition) is 7. The molecule has 0 amide bonds. The molecule has 3 heterocycles. The highest BCUT2D eigenvalue weighted by Gasteiger charge is 2.26. The zero-order valence-corrected chi connectivity index (χ0v) is 24.4. The summed E-state index contributed by atoms with van der Waals surface area (Å²) >= 11 is 0. The van der Waals surface area contributed by atoms with Crippen LogP contribution in [0.5, 0.6) is 0 Å². The van der Waals surface area contributed by atoms with E-state index in [1.165, 1.54) is 11.9 Å². The van der Waals surface area contributed by atoms with Gasteiger partial charge in [-0.05, 0) is 74.5 Å². The quantitative estimate of drug-likeness (QED) is 0.479. The van der Waals surface area contributed by atoms with Crippen molar-refractivity contribution in [2.75, 3.05) is 49.7 Å². The Kier molecular flexibility index (Phi) is 7.70. The molecule has 0 bridgehead atoms. The van der Waals surface area contributed by atoms with E-state index < -0.39 is 15.5 Å². The maximum atomic E-state index is 13.7. The van der Waals surface area contributed by atoms with Crippen LogP contribution in [0.3, 0.4) is 0 Å². The van der Waals surface area contributed by atoms with Crippen molar-refractivity contribution >= 4 is 27.3 Å². The van der Waals surface area contributed by atoms with Gasteiger partial charge in [-0.1, -0.05) is 31.2 Å². The number of piperazine rings is 1. The Bertz CT molecular complexity index is 1700. The highest BCUT2D eigenvalue weighted by atomic mass is 32.2. The van der Waals surface area contributed by atoms with Gasteiger partial charge in [-0.15, -0.1) is 0 Å². The average Bonchev–Trinajstić information content (AvgIpc) is 3.12. The van der Waals surface area contributed by atoms with E-state index in [1.807, 2.05) is 31.2 Å². The number of allylic oxidation sites excluding steroid dienone is 1. The van der Waals surface area contributed by atoms with E-state index in [1.54, 1.807) is 28.8 Å². The van der Waals surface area contributed by atoms with E-state index in [2.05, 4.69) is 53.4 Å². The van der Waals surface area contributed by atoms with Crippen LogP contribution in [-0.4, -0.2) is 63.0 Å². The van der Waals surface area contributed by atoms with Gasteiger partial charge in [0.25, 0.3) is 5.56 Å². The van der Waals surface area contributed by atoms with Gasteiger partial charge in [0.05, 0.1) is 4.90 Å². The topological polar surface area (TPSA) is 87.0 Å². The molecule has 0 radical (unpaired) electrons. The summed E-state index contributed by atoms with van der Waals surface area (Å²) in [6.07, 6.45) is 7.88. The smallest absolute Gasteiger partial charge is 0.260 e. The summed E-state index contributed by atoms with van der Waals surface area (Å²) in [6, 6.07) is 16.8. The third-order valence-corrected chi connectivity index (χ3v) is 8.92. The first-order chi connectivity index (χ1) is 19.1. The number of fused-ring (bicyclic) bond motifs is 1. The maximum absolute atomic E-state index is 13.7. The minimum absolute atomic E-state index is 0.158. The Hall–Kier alpha value is -3.69. The molecule has 1 saturated heterocycles. The van der Waals surface area contributed by atoms with Crippen molar-refractivity contribution in [1.29, 1.82) is 0 Å². The van der Waals surface area contributed by atoms with E-state index in [0.717, 1.165) is 37.1 Å². The van der Waals surface area contributed by atoms with E-state index in [0.29, 0.717) is 29.6 Å². The number of aromatic nitrogens is 1. The van der Waals surface area contributed by atoms with Gasteiger partial charge in [0.1, 0.15) is 5.49 Å². The number of nitrogens with one attached hydrogen (secondary N) is 1. The van der Waals surface area contributed by atoms with Crippen molar-refractivity contribution in [2.45, 2.75) is 37.4 Å². The number of benzene rings is 2. The minimum atomic E-state index is -3.32. The first-order valence-corrected chi connectivity index (χ1v) is 15.7. The fraction of sp³-hybridized carbons (Fsp3) is 0.355. The van der Waals surface area contributed by atoms with Crippen molar-refractivity contribution in [3.05, 3.63) is 87.8 Å². The largest absolute Gasteiger partial charge is 0.369 e. The number of nitrogens with zero attached hydrogens (tertiary/aromatic N) is 4. The number of sulfone groups is 1. The third kappa shape index (κ3) is 5.62. The van der Waals surface area contributed by atoms with E-state index in [4.69, 9.17) is 4.99 Å². The molecule has 0 saturated carbocycles. The van der Waals surface area contributed by atoms with Crippen LogP contribution in [-0.2, 0) is 16.4 Å².